The van der Waals surface area contributed by atoms with E-state index in [-0.39, 0.29) is 18.3 Å². The summed E-state index contributed by atoms with van der Waals surface area (Å²) >= 11 is 0. The molecule has 2 saturated heterocycles. The van der Waals surface area contributed by atoms with Gasteiger partial charge in [-0.2, -0.15) is 0 Å². The van der Waals surface area contributed by atoms with Crippen molar-refractivity contribution in [2.75, 3.05) is 26.2 Å². The smallest absolute Gasteiger partial charge is 0.410 e. The van der Waals surface area contributed by atoms with Crippen molar-refractivity contribution in [2.45, 2.75) is 44.4 Å². The lowest BCUT2D eigenvalue weighted by Gasteiger charge is -2.34. The Morgan fingerprint density at radius 3 is 2.35 bits per heavy atom. The zero-order valence-corrected chi connectivity index (χ0v) is 13.6. The first-order valence-electron chi connectivity index (χ1n) is 8.60. The highest BCUT2D eigenvalue weighted by atomic mass is 16.6. The van der Waals surface area contributed by atoms with Crippen LogP contribution < -0.4 is 0 Å². The third kappa shape index (κ3) is 4.69. The van der Waals surface area contributed by atoms with Gasteiger partial charge >= 0.3 is 6.09 Å². The maximum Gasteiger partial charge on any atom is 0.410 e. The normalized spacial score (nSPS) is 21.3. The van der Waals surface area contributed by atoms with E-state index in [1.807, 2.05) is 6.07 Å². The van der Waals surface area contributed by atoms with Gasteiger partial charge in [0.25, 0.3) is 0 Å². The van der Waals surface area contributed by atoms with Crippen molar-refractivity contribution in [1.82, 2.24) is 9.80 Å². The molecule has 0 aromatic heterocycles. The summed E-state index contributed by atoms with van der Waals surface area (Å²) in [6, 6.07) is 10.5. The first-order valence-corrected chi connectivity index (χ1v) is 8.60. The van der Waals surface area contributed by atoms with Crippen LogP contribution in [0, 0.1) is 0 Å². The van der Waals surface area contributed by atoms with Gasteiger partial charge in [-0.25, -0.2) is 4.79 Å². The molecule has 23 heavy (non-hydrogen) atoms. The highest BCUT2D eigenvalue weighted by Gasteiger charge is 2.27. The zero-order chi connectivity index (χ0) is 16.1. The van der Waals surface area contributed by atoms with E-state index < -0.39 is 0 Å². The molecule has 5 heteroatoms. The van der Waals surface area contributed by atoms with Gasteiger partial charge in [0.1, 0.15) is 6.10 Å². The third-order valence-electron chi connectivity index (χ3n) is 4.77. The minimum Gasteiger partial charge on any atom is -0.446 e. The van der Waals surface area contributed by atoms with Crippen LogP contribution in [0.25, 0.3) is 0 Å². The first-order chi connectivity index (χ1) is 11.2. The van der Waals surface area contributed by atoms with Crippen molar-refractivity contribution < 1.29 is 14.6 Å². The highest BCUT2D eigenvalue weighted by molar-refractivity contribution is 5.67. The quantitative estimate of drug-likeness (QED) is 0.929. The average Bonchev–Trinajstić information content (AvgIpc) is 2.58. The van der Waals surface area contributed by atoms with E-state index in [1.54, 1.807) is 4.90 Å². The Bertz CT molecular complexity index is 492. The molecule has 2 fully saturated rings. The largest absolute Gasteiger partial charge is 0.446 e. The van der Waals surface area contributed by atoms with Crippen molar-refractivity contribution in [3.05, 3.63) is 35.9 Å². The number of carbonyl (C=O) groups excluding carboxylic acids is 1. The molecule has 1 aromatic carbocycles. The average molecular weight is 318 g/mol. The van der Waals surface area contributed by atoms with E-state index in [0.29, 0.717) is 25.9 Å². The minimum atomic E-state index is -0.264. The number of hydrogen-bond donors (Lipinski definition) is 1. The number of likely N-dealkylation sites (tertiary alicyclic amines) is 2. The number of ether oxygens (including phenoxy) is 1. The van der Waals surface area contributed by atoms with E-state index in [0.717, 1.165) is 32.5 Å². The van der Waals surface area contributed by atoms with Crippen LogP contribution in [0.3, 0.4) is 0 Å². The molecule has 0 radical (unpaired) electrons. The lowest BCUT2D eigenvalue weighted by molar-refractivity contribution is 0.0136. The van der Waals surface area contributed by atoms with E-state index >= 15 is 0 Å². The summed E-state index contributed by atoms with van der Waals surface area (Å²) in [5, 5.41) is 9.50. The summed E-state index contributed by atoms with van der Waals surface area (Å²) in [6.07, 6.45) is 2.67. The molecule has 2 heterocycles. The lowest BCUT2D eigenvalue weighted by atomic mass is 10.1. The fourth-order valence-corrected chi connectivity index (χ4v) is 3.29. The summed E-state index contributed by atoms with van der Waals surface area (Å²) in [7, 11) is 0. The van der Waals surface area contributed by atoms with E-state index in [2.05, 4.69) is 29.2 Å². The summed E-state index contributed by atoms with van der Waals surface area (Å²) < 4.78 is 5.64. The number of piperidine rings is 2. The first kappa shape index (κ1) is 16.3. The number of rotatable bonds is 3. The maximum atomic E-state index is 12.2. The van der Waals surface area contributed by atoms with Gasteiger partial charge in [-0.1, -0.05) is 30.3 Å². The molecule has 0 unspecified atom stereocenters. The van der Waals surface area contributed by atoms with Gasteiger partial charge in [0.15, 0.2) is 0 Å². The van der Waals surface area contributed by atoms with Crippen molar-refractivity contribution >= 4 is 6.09 Å². The maximum absolute atomic E-state index is 12.2. The molecule has 2 aliphatic rings. The molecular weight excluding hydrogens is 292 g/mol. The fraction of sp³-hybridized carbons (Fsp3) is 0.611. The van der Waals surface area contributed by atoms with Crippen LogP contribution in [0.4, 0.5) is 4.79 Å². The van der Waals surface area contributed by atoms with Gasteiger partial charge in [0.2, 0.25) is 0 Å². The van der Waals surface area contributed by atoms with E-state index in [4.69, 9.17) is 4.74 Å². The third-order valence-corrected chi connectivity index (χ3v) is 4.77. The van der Waals surface area contributed by atoms with Crippen molar-refractivity contribution in [3.8, 4) is 0 Å². The van der Waals surface area contributed by atoms with Crippen LogP contribution in [-0.4, -0.2) is 59.4 Å². The molecule has 1 aromatic rings. The molecule has 0 aliphatic carbocycles. The topological polar surface area (TPSA) is 53.0 Å². The van der Waals surface area contributed by atoms with Gasteiger partial charge in [-0.15, -0.1) is 0 Å². The standard InChI is InChI=1S/C18H26N2O3/c21-16-6-12-20(13-7-16)18(22)23-17-8-10-19(11-9-17)14-15-4-2-1-3-5-15/h1-5,16-17,21H,6-14H2. The summed E-state index contributed by atoms with van der Waals surface area (Å²) in [4.78, 5) is 16.3. The van der Waals surface area contributed by atoms with Crippen LogP contribution in [0.15, 0.2) is 30.3 Å². The van der Waals surface area contributed by atoms with Gasteiger partial charge < -0.3 is 14.7 Å². The van der Waals surface area contributed by atoms with E-state index in [9.17, 15) is 9.90 Å². The fourth-order valence-electron chi connectivity index (χ4n) is 3.29. The SMILES string of the molecule is O=C(OC1CCN(Cc2ccccc2)CC1)N1CCC(O)CC1. The van der Waals surface area contributed by atoms with Crippen LogP contribution in [0.5, 0.6) is 0 Å². The summed E-state index contributed by atoms with van der Waals surface area (Å²) in [5.41, 5.74) is 1.33. The predicted octanol–water partition coefficient (Wildman–Crippen LogP) is 2.24. The highest BCUT2D eigenvalue weighted by Crippen LogP contribution is 2.18. The molecule has 0 atom stereocenters. The second-order valence-electron chi connectivity index (χ2n) is 6.56. The Balaban J connectivity index is 1.40. The molecule has 3 rings (SSSR count). The van der Waals surface area contributed by atoms with Crippen LogP contribution in [0.1, 0.15) is 31.2 Å². The monoisotopic (exact) mass is 318 g/mol. The van der Waals surface area contributed by atoms with Gasteiger partial charge in [0, 0.05) is 32.7 Å². The van der Waals surface area contributed by atoms with Crippen LogP contribution >= 0.6 is 0 Å². The van der Waals surface area contributed by atoms with Crippen molar-refractivity contribution in [1.29, 1.82) is 0 Å². The molecule has 1 N–H and O–H groups in total. The van der Waals surface area contributed by atoms with Gasteiger partial charge in [-0.05, 0) is 31.2 Å². The van der Waals surface area contributed by atoms with Gasteiger partial charge in [-0.3, -0.25) is 4.90 Å². The Morgan fingerprint density at radius 1 is 1.04 bits per heavy atom. The molecule has 1 amide bonds. The Hall–Kier alpha value is -1.59. The van der Waals surface area contributed by atoms with Crippen molar-refractivity contribution in [2.24, 2.45) is 0 Å². The van der Waals surface area contributed by atoms with Crippen LogP contribution in [0.2, 0.25) is 0 Å². The van der Waals surface area contributed by atoms with Crippen LogP contribution in [-0.2, 0) is 11.3 Å². The number of carbonyl (C=O) groups is 1. The number of hydrogen-bond acceptors (Lipinski definition) is 4. The predicted molar refractivity (Wildman–Crippen MR) is 88.0 cm³/mol. The molecule has 0 saturated carbocycles. The van der Waals surface area contributed by atoms with E-state index in [1.165, 1.54) is 5.56 Å². The molecular formula is C18H26N2O3. The number of aliphatic hydroxyl groups is 1. The minimum absolute atomic E-state index is 0.0290. The molecule has 2 aliphatic heterocycles. The molecule has 0 bridgehead atoms. The zero-order valence-electron chi connectivity index (χ0n) is 13.6. The molecule has 5 nitrogen and oxygen atoms in total. The Kier molecular flexibility index (Phi) is 5.51. The molecule has 126 valence electrons. The number of nitrogens with zero attached hydrogens (tertiary/aromatic N) is 2. The summed E-state index contributed by atoms with van der Waals surface area (Å²) in [5.74, 6) is 0. The Morgan fingerprint density at radius 2 is 1.70 bits per heavy atom. The molecule has 0 spiro atoms. The summed E-state index contributed by atoms with van der Waals surface area (Å²) in [6.45, 7) is 4.10. The van der Waals surface area contributed by atoms with Gasteiger partial charge in [0.05, 0.1) is 6.10 Å². The second-order valence-corrected chi connectivity index (χ2v) is 6.56. The Labute approximate surface area is 137 Å². The lowest BCUT2D eigenvalue weighted by Crippen LogP contribution is -2.43. The van der Waals surface area contributed by atoms with Crippen molar-refractivity contribution in [3.63, 3.8) is 0 Å². The second kappa shape index (κ2) is 7.79. The number of benzene rings is 1. The number of aliphatic hydroxyl groups excluding tert-OH is 1. The number of amides is 1.